The second kappa shape index (κ2) is 5.97. The molecular weight excluding hydrogens is 290 g/mol. The monoisotopic (exact) mass is 303 g/mol. The van der Waals surface area contributed by atoms with Crippen LogP contribution in [-0.4, -0.2) is 17.0 Å². The molecule has 0 bridgehead atoms. The van der Waals surface area contributed by atoms with Crippen LogP contribution in [0.2, 0.25) is 5.02 Å². The predicted molar refractivity (Wildman–Crippen MR) is 82.3 cm³/mol. The molecule has 108 valence electrons. The summed E-state index contributed by atoms with van der Waals surface area (Å²) >= 11 is 5.86. The minimum absolute atomic E-state index is 0.00266. The number of carboxylic acid groups (broad SMARTS) is 1. The van der Waals surface area contributed by atoms with Gasteiger partial charge in [-0.2, -0.15) is 0 Å². The largest absolute Gasteiger partial charge is 0.478 e. The van der Waals surface area contributed by atoms with Gasteiger partial charge in [0.1, 0.15) is 0 Å². The number of amides is 1. The molecule has 5 heteroatoms. The van der Waals surface area contributed by atoms with Crippen LogP contribution in [0.5, 0.6) is 0 Å². The molecular formula is C16H14ClNO3. The molecule has 0 saturated heterocycles. The van der Waals surface area contributed by atoms with Crippen LogP contribution >= 0.6 is 11.6 Å². The Morgan fingerprint density at radius 1 is 1.05 bits per heavy atom. The Kier molecular flexibility index (Phi) is 4.29. The third-order valence-corrected chi connectivity index (χ3v) is 3.18. The van der Waals surface area contributed by atoms with Crippen molar-refractivity contribution in [1.29, 1.82) is 0 Å². The Labute approximate surface area is 127 Å². The van der Waals surface area contributed by atoms with Crippen molar-refractivity contribution in [2.45, 2.75) is 13.8 Å². The molecule has 0 atom stereocenters. The number of anilines is 1. The minimum Gasteiger partial charge on any atom is -0.478 e. The third-order valence-electron chi connectivity index (χ3n) is 2.94. The number of carboxylic acids is 1. The van der Waals surface area contributed by atoms with E-state index >= 15 is 0 Å². The first-order valence-electron chi connectivity index (χ1n) is 6.29. The van der Waals surface area contributed by atoms with Gasteiger partial charge in [0, 0.05) is 10.6 Å². The van der Waals surface area contributed by atoms with E-state index in [9.17, 15) is 9.59 Å². The van der Waals surface area contributed by atoms with Crippen LogP contribution in [0.25, 0.3) is 0 Å². The maximum Gasteiger partial charge on any atom is 0.337 e. The molecule has 0 radical (unpaired) electrons. The fraction of sp³-hybridized carbons (Fsp3) is 0.125. The van der Waals surface area contributed by atoms with Gasteiger partial charge in [0.05, 0.1) is 11.3 Å². The average Bonchev–Trinajstić information content (AvgIpc) is 2.37. The van der Waals surface area contributed by atoms with Gasteiger partial charge in [0.2, 0.25) is 0 Å². The molecule has 0 unspecified atom stereocenters. The summed E-state index contributed by atoms with van der Waals surface area (Å²) in [6.07, 6.45) is 0. The highest BCUT2D eigenvalue weighted by atomic mass is 35.5. The van der Waals surface area contributed by atoms with Crippen molar-refractivity contribution in [3.8, 4) is 0 Å². The molecule has 0 heterocycles. The van der Waals surface area contributed by atoms with Crippen LogP contribution in [0.1, 0.15) is 31.8 Å². The Hall–Kier alpha value is -2.33. The molecule has 2 rings (SSSR count). The van der Waals surface area contributed by atoms with Gasteiger partial charge in [-0.1, -0.05) is 28.8 Å². The van der Waals surface area contributed by atoms with Gasteiger partial charge in [-0.05, 0) is 44.2 Å². The average molecular weight is 304 g/mol. The van der Waals surface area contributed by atoms with E-state index in [4.69, 9.17) is 16.7 Å². The zero-order chi connectivity index (χ0) is 15.6. The normalized spacial score (nSPS) is 10.2. The highest BCUT2D eigenvalue weighted by molar-refractivity contribution is 6.31. The summed E-state index contributed by atoms with van der Waals surface area (Å²) in [7, 11) is 0. The Morgan fingerprint density at radius 2 is 1.67 bits per heavy atom. The Balaban J connectivity index is 2.35. The minimum atomic E-state index is -1.12. The molecule has 2 aromatic carbocycles. The maximum absolute atomic E-state index is 12.3. The molecule has 0 fully saturated rings. The number of hydrogen-bond donors (Lipinski definition) is 2. The van der Waals surface area contributed by atoms with Gasteiger partial charge in [0.25, 0.3) is 5.91 Å². The molecule has 2 N–H and O–H groups in total. The van der Waals surface area contributed by atoms with E-state index in [0.717, 1.165) is 11.1 Å². The van der Waals surface area contributed by atoms with Gasteiger partial charge in [-0.15, -0.1) is 0 Å². The molecule has 0 aromatic heterocycles. The van der Waals surface area contributed by atoms with Crippen LogP contribution in [0, 0.1) is 13.8 Å². The fourth-order valence-corrected chi connectivity index (χ4v) is 2.28. The van der Waals surface area contributed by atoms with E-state index in [2.05, 4.69) is 5.32 Å². The summed E-state index contributed by atoms with van der Waals surface area (Å²) in [5, 5.41) is 12.1. The lowest BCUT2D eigenvalue weighted by atomic mass is 10.1. The van der Waals surface area contributed by atoms with Gasteiger partial charge < -0.3 is 10.4 Å². The standard InChI is InChI=1S/C16H14ClNO3/c1-9-5-10(2)7-11(6-9)15(19)18-14-8-12(17)3-4-13(14)16(20)21/h3-8H,1-2H3,(H,18,19)(H,20,21). The number of aromatic carboxylic acids is 1. The quantitative estimate of drug-likeness (QED) is 0.903. The fourth-order valence-electron chi connectivity index (χ4n) is 2.11. The summed E-state index contributed by atoms with van der Waals surface area (Å²) < 4.78 is 0. The second-order valence-corrected chi connectivity index (χ2v) is 5.26. The molecule has 0 saturated carbocycles. The van der Waals surface area contributed by atoms with Crippen molar-refractivity contribution in [1.82, 2.24) is 0 Å². The van der Waals surface area contributed by atoms with E-state index in [-0.39, 0.29) is 17.2 Å². The van der Waals surface area contributed by atoms with Gasteiger partial charge in [-0.3, -0.25) is 4.79 Å². The van der Waals surface area contributed by atoms with Crippen LogP contribution in [-0.2, 0) is 0 Å². The summed E-state index contributed by atoms with van der Waals surface area (Å²) in [4.78, 5) is 23.4. The zero-order valence-electron chi connectivity index (χ0n) is 11.6. The van der Waals surface area contributed by atoms with Crippen molar-refractivity contribution < 1.29 is 14.7 Å². The molecule has 0 aliphatic rings. The van der Waals surface area contributed by atoms with Gasteiger partial charge >= 0.3 is 5.97 Å². The Bertz CT molecular complexity index is 705. The van der Waals surface area contributed by atoms with E-state index in [1.165, 1.54) is 18.2 Å². The molecule has 21 heavy (non-hydrogen) atoms. The van der Waals surface area contributed by atoms with Crippen molar-refractivity contribution in [2.24, 2.45) is 0 Å². The van der Waals surface area contributed by atoms with E-state index < -0.39 is 5.97 Å². The number of benzene rings is 2. The number of carbonyl (C=O) groups excluding carboxylic acids is 1. The number of nitrogens with one attached hydrogen (secondary N) is 1. The molecule has 0 aliphatic carbocycles. The van der Waals surface area contributed by atoms with Crippen LogP contribution < -0.4 is 5.32 Å². The predicted octanol–water partition coefficient (Wildman–Crippen LogP) is 3.91. The van der Waals surface area contributed by atoms with E-state index in [1.807, 2.05) is 19.9 Å². The lowest BCUT2D eigenvalue weighted by Gasteiger charge is -2.10. The van der Waals surface area contributed by atoms with Crippen LogP contribution in [0.3, 0.4) is 0 Å². The summed E-state index contributed by atoms with van der Waals surface area (Å²) in [6, 6.07) is 9.70. The maximum atomic E-state index is 12.3. The molecule has 2 aromatic rings. The Morgan fingerprint density at radius 3 is 2.24 bits per heavy atom. The van der Waals surface area contributed by atoms with Crippen molar-refractivity contribution in [3.05, 3.63) is 63.7 Å². The van der Waals surface area contributed by atoms with Crippen molar-refractivity contribution in [3.63, 3.8) is 0 Å². The lowest BCUT2D eigenvalue weighted by molar-refractivity contribution is 0.0698. The highest BCUT2D eigenvalue weighted by Gasteiger charge is 2.14. The summed E-state index contributed by atoms with van der Waals surface area (Å²) in [6.45, 7) is 3.79. The number of carbonyl (C=O) groups is 2. The van der Waals surface area contributed by atoms with Crippen LogP contribution in [0.15, 0.2) is 36.4 Å². The van der Waals surface area contributed by atoms with Crippen LogP contribution in [0.4, 0.5) is 5.69 Å². The van der Waals surface area contributed by atoms with Crippen molar-refractivity contribution in [2.75, 3.05) is 5.32 Å². The van der Waals surface area contributed by atoms with Crippen molar-refractivity contribution >= 4 is 29.2 Å². The molecule has 4 nitrogen and oxygen atoms in total. The van der Waals surface area contributed by atoms with Gasteiger partial charge in [-0.25, -0.2) is 4.79 Å². The first-order chi connectivity index (χ1) is 9.86. The number of aryl methyl sites for hydroxylation is 2. The molecule has 0 aliphatic heterocycles. The van der Waals surface area contributed by atoms with Gasteiger partial charge in [0.15, 0.2) is 0 Å². The smallest absolute Gasteiger partial charge is 0.337 e. The number of hydrogen-bond acceptors (Lipinski definition) is 2. The zero-order valence-corrected chi connectivity index (χ0v) is 12.4. The molecule has 0 spiro atoms. The molecule has 1 amide bonds. The highest BCUT2D eigenvalue weighted by Crippen LogP contribution is 2.22. The van der Waals surface area contributed by atoms with E-state index in [1.54, 1.807) is 12.1 Å². The number of halogens is 1. The lowest BCUT2D eigenvalue weighted by Crippen LogP contribution is -2.15. The first-order valence-corrected chi connectivity index (χ1v) is 6.67. The first kappa shape index (κ1) is 15.1. The topological polar surface area (TPSA) is 66.4 Å². The summed E-state index contributed by atoms with van der Waals surface area (Å²) in [5.41, 5.74) is 2.58. The number of rotatable bonds is 3. The second-order valence-electron chi connectivity index (χ2n) is 4.83. The SMILES string of the molecule is Cc1cc(C)cc(C(=O)Nc2cc(Cl)ccc2C(=O)O)c1. The van der Waals surface area contributed by atoms with E-state index in [0.29, 0.717) is 10.6 Å². The third kappa shape index (κ3) is 3.61. The summed E-state index contributed by atoms with van der Waals surface area (Å²) in [5.74, 6) is -1.49.